The second-order valence-corrected chi connectivity index (χ2v) is 3.53. The van der Waals surface area contributed by atoms with E-state index in [1.807, 2.05) is 0 Å². The molecule has 0 saturated heterocycles. The number of nitrogens with zero attached hydrogens (tertiary/aromatic N) is 1. The van der Waals surface area contributed by atoms with Crippen molar-refractivity contribution in [2.24, 2.45) is 0 Å². The summed E-state index contributed by atoms with van der Waals surface area (Å²) in [6.07, 6.45) is 3.05. The Hall–Kier alpha value is -1.65. The Morgan fingerprint density at radius 1 is 1.44 bits per heavy atom. The third-order valence-electron chi connectivity index (χ3n) is 2.27. The molecule has 0 radical (unpaired) electrons. The van der Waals surface area contributed by atoms with E-state index in [1.54, 1.807) is 0 Å². The van der Waals surface area contributed by atoms with E-state index in [0.29, 0.717) is 6.54 Å². The van der Waals surface area contributed by atoms with E-state index in [4.69, 9.17) is 0 Å². The average molecular weight is 226 g/mol. The molecule has 0 saturated carbocycles. The highest BCUT2D eigenvalue weighted by atomic mass is 19.1. The minimum Gasteiger partial charge on any atom is -0.379 e. The van der Waals surface area contributed by atoms with Crippen molar-refractivity contribution in [1.82, 2.24) is 0 Å². The van der Waals surface area contributed by atoms with Crippen LogP contribution in [-0.2, 0) is 0 Å². The van der Waals surface area contributed by atoms with Crippen molar-refractivity contribution in [2.75, 3.05) is 11.9 Å². The second-order valence-electron chi connectivity index (χ2n) is 3.53. The van der Waals surface area contributed by atoms with E-state index in [2.05, 4.69) is 12.2 Å². The molecule has 0 aliphatic heterocycles. The van der Waals surface area contributed by atoms with Gasteiger partial charge in [0.2, 0.25) is 5.82 Å². The molecule has 1 N–H and O–H groups in total. The zero-order valence-corrected chi connectivity index (χ0v) is 9.20. The van der Waals surface area contributed by atoms with Crippen LogP contribution >= 0.6 is 0 Å². The predicted molar refractivity (Wildman–Crippen MR) is 61.1 cm³/mol. The fraction of sp³-hybridized carbons (Fsp3) is 0.455. The summed E-state index contributed by atoms with van der Waals surface area (Å²) in [5, 5.41) is 13.5. The molecule has 0 unspecified atom stereocenters. The van der Waals surface area contributed by atoms with Crippen LogP contribution in [0.15, 0.2) is 18.2 Å². The molecule has 1 rings (SSSR count). The molecular formula is C11H15FN2O2. The van der Waals surface area contributed by atoms with Gasteiger partial charge in [-0.1, -0.05) is 25.8 Å². The smallest absolute Gasteiger partial charge is 0.327 e. The molecule has 1 aromatic carbocycles. The zero-order chi connectivity index (χ0) is 12.0. The topological polar surface area (TPSA) is 55.2 Å². The quantitative estimate of drug-likeness (QED) is 0.460. The summed E-state index contributed by atoms with van der Waals surface area (Å²) in [6, 6.07) is 4.08. The van der Waals surface area contributed by atoms with E-state index in [9.17, 15) is 14.5 Å². The van der Waals surface area contributed by atoms with E-state index >= 15 is 0 Å². The van der Waals surface area contributed by atoms with Gasteiger partial charge in [-0.2, -0.15) is 4.39 Å². The number of hydrogen-bond acceptors (Lipinski definition) is 3. The standard InChI is InChI=1S/C11H15FN2O2/c1-2-3-4-8-13-10-7-5-6-9(12)11(10)14(15)16/h5-7,13H,2-4,8H2,1H3. The molecule has 0 spiro atoms. The predicted octanol–water partition coefficient (Wildman–Crippen LogP) is 3.34. The normalized spacial score (nSPS) is 10.1. The van der Waals surface area contributed by atoms with Crippen LogP contribution in [0.5, 0.6) is 0 Å². The first-order valence-electron chi connectivity index (χ1n) is 5.33. The second kappa shape index (κ2) is 6.05. The van der Waals surface area contributed by atoms with Gasteiger partial charge in [0.05, 0.1) is 4.92 Å². The number of anilines is 1. The van der Waals surface area contributed by atoms with E-state index in [0.717, 1.165) is 25.3 Å². The summed E-state index contributed by atoms with van der Waals surface area (Å²) in [7, 11) is 0. The summed E-state index contributed by atoms with van der Waals surface area (Å²) < 4.78 is 13.2. The molecule has 4 nitrogen and oxygen atoms in total. The lowest BCUT2D eigenvalue weighted by Crippen LogP contribution is -2.05. The van der Waals surface area contributed by atoms with Crippen LogP contribution < -0.4 is 5.32 Å². The zero-order valence-electron chi connectivity index (χ0n) is 9.20. The fourth-order valence-corrected chi connectivity index (χ4v) is 1.44. The monoisotopic (exact) mass is 226 g/mol. The number of rotatable bonds is 6. The average Bonchev–Trinajstić information content (AvgIpc) is 2.24. The molecule has 0 amide bonds. The van der Waals surface area contributed by atoms with Gasteiger partial charge < -0.3 is 5.32 Å². The van der Waals surface area contributed by atoms with Crippen LogP contribution in [0.4, 0.5) is 15.8 Å². The molecule has 0 aliphatic carbocycles. The summed E-state index contributed by atoms with van der Waals surface area (Å²) in [5.41, 5.74) is -0.222. The van der Waals surface area contributed by atoms with Crippen molar-refractivity contribution in [3.8, 4) is 0 Å². The van der Waals surface area contributed by atoms with E-state index in [-0.39, 0.29) is 5.69 Å². The highest BCUT2D eigenvalue weighted by Crippen LogP contribution is 2.26. The SMILES string of the molecule is CCCCCNc1cccc(F)c1[N+](=O)[O-]. The molecular weight excluding hydrogens is 211 g/mol. The third kappa shape index (κ3) is 3.18. The molecule has 0 aliphatic rings. The molecule has 16 heavy (non-hydrogen) atoms. The van der Waals surface area contributed by atoms with Crippen molar-refractivity contribution < 1.29 is 9.31 Å². The minimum absolute atomic E-state index is 0.251. The van der Waals surface area contributed by atoms with Crippen LogP contribution in [-0.4, -0.2) is 11.5 Å². The van der Waals surface area contributed by atoms with Crippen molar-refractivity contribution >= 4 is 11.4 Å². The van der Waals surface area contributed by atoms with Gasteiger partial charge in [0.1, 0.15) is 5.69 Å². The Bertz CT molecular complexity index is 369. The van der Waals surface area contributed by atoms with Gasteiger partial charge in [-0.05, 0) is 18.6 Å². The van der Waals surface area contributed by atoms with Gasteiger partial charge >= 0.3 is 5.69 Å². The maximum atomic E-state index is 13.2. The van der Waals surface area contributed by atoms with Crippen LogP contribution in [0.25, 0.3) is 0 Å². The lowest BCUT2D eigenvalue weighted by atomic mass is 10.2. The Morgan fingerprint density at radius 2 is 2.19 bits per heavy atom. The Morgan fingerprint density at radius 3 is 2.81 bits per heavy atom. The molecule has 0 bridgehead atoms. The van der Waals surface area contributed by atoms with Gasteiger partial charge in [0, 0.05) is 6.54 Å². The maximum Gasteiger partial charge on any atom is 0.327 e. The molecule has 88 valence electrons. The first kappa shape index (κ1) is 12.4. The number of unbranched alkanes of at least 4 members (excludes halogenated alkanes) is 2. The fourth-order valence-electron chi connectivity index (χ4n) is 1.44. The Labute approximate surface area is 93.6 Å². The first-order valence-corrected chi connectivity index (χ1v) is 5.33. The van der Waals surface area contributed by atoms with Gasteiger partial charge in [0.25, 0.3) is 0 Å². The molecule has 0 heterocycles. The molecule has 5 heteroatoms. The third-order valence-corrected chi connectivity index (χ3v) is 2.27. The highest BCUT2D eigenvalue weighted by molar-refractivity contribution is 5.61. The summed E-state index contributed by atoms with van der Waals surface area (Å²) in [4.78, 5) is 9.96. The van der Waals surface area contributed by atoms with Crippen LogP contribution in [0.3, 0.4) is 0 Å². The lowest BCUT2D eigenvalue weighted by molar-refractivity contribution is -0.386. The maximum absolute atomic E-state index is 13.2. The number of nitro groups is 1. The van der Waals surface area contributed by atoms with Crippen molar-refractivity contribution in [1.29, 1.82) is 0 Å². The van der Waals surface area contributed by atoms with Gasteiger partial charge in [-0.25, -0.2) is 0 Å². The number of nitro benzene ring substituents is 1. The van der Waals surface area contributed by atoms with Gasteiger partial charge in [0.15, 0.2) is 0 Å². The van der Waals surface area contributed by atoms with Crippen LogP contribution in [0.1, 0.15) is 26.2 Å². The number of para-hydroxylation sites is 1. The number of nitrogens with one attached hydrogen (secondary N) is 1. The van der Waals surface area contributed by atoms with Crippen LogP contribution in [0, 0.1) is 15.9 Å². The van der Waals surface area contributed by atoms with E-state index in [1.165, 1.54) is 12.1 Å². The van der Waals surface area contributed by atoms with Crippen molar-refractivity contribution in [2.45, 2.75) is 26.2 Å². The Balaban J connectivity index is 2.71. The Kier molecular flexibility index (Phi) is 4.69. The lowest BCUT2D eigenvalue weighted by Gasteiger charge is -2.06. The summed E-state index contributed by atoms with van der Waals surface area (Å²) in [6.45, 7) is 2.70. The first-order chi connectivity index (χ1) is 7.66. The summed E-state index contributed by atoms with van der Waals surface area (Å²) >= 11 is 0. The number of benzene rings is 1. The molecule has 0 atom stereocenters. The van der Waals surface area contributed by atoms with Crippen molar-refractivity contribution in [3.63, 3.8) is 0 Å². The van der Waals surface area contributed by atoms with Gasteiger partial charge in [-0.15, -0.1) is 0 Å². The van der Waals surface area contributed by atoms with Crippen LogP contribution in [0.2, 0.25) is 0 Å². The van der Waals surface area contributed by atoms with E-state index < -0.39 is 16.4 Å². The number of halogens is 1. The van der Waals surface area contributed by atoms with Gasteiger partial charge in [-0.3, -0.25) is 10.1 Å². The molecule has 0 aromatic heterocycles. The highest BCUT2D eigenvalue weighted by Gasteiger charge is 2.18. The summed E-state index contributed by atoms with van der Waals surface area (Å²) in [5.74, 6) is -0.800. The molecule has 0 fully saturated rings. The molecule has 1 aromatic rings. The largest absolute Gasteiger partial charge is 0.379 e. The number of hydrogen-bond donors (Lipinski definition) is 1. The van der Waals surface area contributed by atoms with Crippen molar-refractivity contribution in [3.05, 3.63) is 34.1 Å². The minimum atomic E-state index is -0.800.